The van der Waals surface area contributed by atoms with Crippen LogP contribution in [-0.4, -0.2) is 24.0 Å². The van der Waals surface area contributed by atoms with Crippen molar-refractivity contribution in [2.45, 2.75) is 32.2 Å². The topological polar surface area (TPSA) is 63.2 Å². The summed E-state index contributed by atoms with van der Waals surface area (Å²) < 4.78 is 18.6. The molecule has 0 radical (unpaired) electrons. The second-order valence-electron chi connectivity index (χ2n) is 6.55. The Balaban J connectivity index is 0.00000196. The number of halogens is 3. The fraction of sp³-hybridized carbons (Fsp3) is 0.400. The van der Waals surface area contributed by atoms with E-state index in [9.17, 15) is 9.18 Å². The molecule has 1 aliphatic heterocycles. The summed E-state index contributed by atoms with van der Waals surface area (Å²) in [5.41, 5.74) is 0.722. The number of nitrogens with one attached hydrogen (secondary N) is 2. The van der Waals surface area contributed by atoms with E-state index in [0.29, 0.717) is 30.4 Å². The van der Waals surface area contributed by atoms with Gasteiger partial charge in [0.1, 0.15) is 17.3 Å². The molecule has 0 saturated carbocycles. The first-order chi connectivity index (χ1) is 12.7. The van der Waals surface area contributed by atoms with Crippen LogP contribution in [0.2, 0.25) is 0 Å². The van der Waals surface area contributed by atoms with Gasteiger partial charge in [-0.25, -0.2) is 4.39 Å². The monoisotopic (exact) mass is 429 g/mol. The molecule has 154 valence electrons. The Morgan fingerprint density at radius 3 is 2.57 bits per heavy atom. The minimum Gasteiger partial charge on any atom is -0.457 e. The summed E-state index contributed by atoms with van der Waals surface area (Å²) >= 11 is 0. The van der Waals surface area contributed by atoms with E-state index in [1.165, 1.54) is 12.1 Å². The number of pyridine rings is 1. The van der Waals surface area contributed by atoms with E-state index < -0.39 is 0 Å². The number of nitrogens with zero attached hydrogens (tertiary/aromatic N) is 1. The van der Waals surface area contributed by atoms with E-state index in [2.05, 4.69) is 15.6 Å². The lowest BCUT2D eigenvalue weighted by Crippen LogP contribution is -2.29. The van der Waals surface area contributed by atoms with Crippen LogP contribution in [0.1, 0.15) is 31.4 Å². The first-order valence-electron chi connectivity index (χ1n) is 9.05. The fourth-order valence-electron chi connectivity index (χ4n) is 3.04. The quantitative estimate of drug-likeness (QED) is 0.690. The Morgan fingerprint density at radius 2 is 1.86 bits per heavy atom. The molecular formula is C20H26Cl2FN3O2. The maximum atomic E-state index is 12.9. The van der Waals surface area contributed by atoms with Gasteiger partial charge in [0.05, 0.1) is 12.2 Å². The van der Waals surface area contributed by atoms with Gasteiger partial charge < -0.3 is 15.4 Å². The summed E-state index contributed by atoms with van der Waals surface area (Å²) in [6, 6.07) is 9.33. The number of ether oxygens (including phenoxy) is 1. The Hall–Kier alpha value is -1.89. The van der Waals surface area contributed by atoms with E-state index in [0.717, 1.165) is 38.0 Å². The lowest BCUT2D eigenvalue weighted by molar-refractivity contribution is -0.121. The van der Waals surface area contributed by atoms with Crippen molar-refractivity contribution in [1.29, 1.82) is 0 Å². The normalized spacial score (nSPS) is 13.8. The predicted molar refractivity (Wildman–Crippen MR) is 112 cm³/mol. The molecule has 1 saturated heterocycles. The summed E-state index contributed by atoms with van der Waals surface area (Å²) in [6.07, 6.45) is 5.43. The van der Waals surface area contributed by atoms with Crippen molar-refractivity contribution >= 4 is 30.7 Å². The molecule has 0 unspecified atom stereocenters. The van der Waals surface area contributed by atoms with Gasteiger partial charge in [0, 0.05) is 18.7 Å². The second-order valence-corrected chi connectivity index (χ2v) is 6.55. The number of amides is 1. The third kappa shape index (κ3) is 8.00. The van der Waals surface area contributed by atoms with Gasteiger partial charge in [-0.05, 0) is 68.6 Å². The molecule has 5 nitrogen and oxygen atoms in total. The Kier molecular flexibility index (Phi) is 10.8. The average Bonchev–Trinajstić information content (AvgIpc) is 2.68. The van der Waals surface area contributed by atoms with Gasteiger partial charge >= 0.3 is 0 Å². The number of hydrogen-bond donors (Lipinski definition) is 2. The number of carbonyl (C=O) groups is 1. The van der Waals surface area contributed by atoms with Gasteiger partial charge in [-0.1, -0.05) is 0 Å². The highest BCUT2D eigenvalue weighted by Gasteiger charge is 2.14. The third-order valence-electron chi connectivity index (χ3n) is 4.54. The molecule has 3 rings (SSSR count). The maximum Gasteiger partial charge on any atom is 0.220 e. The van der Waals surface area contributed by atoms with Crippen LogP contribution >= 0.6 is 24.8 Å². The standard InChI is InChI=1S/C20H24FN3O2.2ClH/c21-16-2-4-18(5-3-16)26-19-9-12-23-17(13-19)14-24-20(25)6-1-15-7-10-22-11-8-15;;/h2-5,9,12-13,15,22H,1,6-8,10-11,14H2,(H,24,25);2*1H. The average molecular weight is 430 g/mol. The van der Waals surface area contributed by atoms with Crippen LogP contribution in [0.15, 0.2) is 42.6 Å². The molecular weight excluding hydrogens is 404 g/mol. The van der Waals surface area contributed by atoms with Crippen LogP contribution in [0.5, 0.6) is 11.5 Å². The van der Waals surface area contributed by atoms with Crippen LogP contribution in [-0.2, 0) is 11.3 Å². The molecule has 0 spiro atoms. The Labute approximate surface area is 177 Å². The highest BCUT2D eigenvalue weighted by atomic mass is 35.5. The van der Waals surface area contributed by atoms with Gasteiger partial charge in [-0.15, -0.1) is 24.8 Å². The molecule has 1 aromatic heterocycles. The van der Waals surface area contributed by atoms with Gasteiger partial charge in [0.25, 0.3) is 0 Å². The summed E-state index contributed by atoms with van der Waals surface area (Å²) in [5.74, 6) is 1.54. The highest BCUT2D eigenvalue weighted by molar-refractivity contribution is 5.85. The van der Waals surface area contributed by atoms with Gasteiger partial charge in [-0.2, -0.15) is 0 Å². The van der Waals surface area contributed by atoms with Crippen molar-refractivity contribution < 1.29 is 13.9 Å². The fourth-order valence-corrected chi connectivity index (χ4v) is 3.04. The first-order valence-corrected chi connectivity index (χ1v) is 9.05. The minimum absolute atomic E-state index is 0. The molecule has 2 N–H and O–H groups in total. The Morgan fingerprint density at radius 1 is 1.14 bits per heavy atom. The molecule has 1 aromatic carbocycles. The van der Waals surface area contributed by atoms with Gasteiger partial charge in [0.2, 0.25) is 5.91 Å². The smallest absolute Gasteiger partial charge is 0.220 e. The van der Waals surface area contributed by atoms with E-state index in [1.807, 2.05) is 0 Å². The van der Waals surface area contributed by atoms with Gasteiger partial charge in [-0.3, -0.25) is 9.78 Å². The van der Waals surface area contributed by atoms with Crippen molar-refractivity contribution in [3.63, 3.8) is 0 Å². The first kappa shape index (κ1) is 24.1. The summed E-state index contributed by atoms with van der Waals surface area (Å²) in [4.78, 5) is 16.3. The zero-order chi connectivity index (χ0) is 18.2. The van der Waals surface area contributed by atoms with Crippen molar-refractivity contribution in [3.8, 4) is 11.5 Å². The molecule has 1 amide bonds. The number of aromatic nitrogens is 1. The lowest BCUT2D eigenvalue weighted by atomic mass is 9.93. The number of benzene rings is 1. The summed E-state index contributed by atoms with van der Waals surface area (Å²) in [6.45, 7) is 2.47. The largest absolute Gasteiger partial charge is 0.457 e. The second kappa shape index (κ2) is 12.5. The van der Waals surface area contributed by atoms with Crippen LogP contribution < -0.4 is 15.4 Å². The van der Waals surface area contributed by atoms with Crippen LogP contribution in [0.25, 0.3) is 0 Å². The van der Waals surface area contributed by atoms with Crippen molar-refractivity contribution in [2.24, 2.45) is 5.92 Å². The molecule has 0 atom stereocenters. The molecule has 28 heavy (non-hydrogen) atoms. The molecule has 0 aliphatic carbocycles. The molecule has 1 fully saturated rings. The van der Waals surface area contributed by atoms with Crippen LogP contribution in [0.4, 0.5) is 4.39 Å². The summed E-state index contributed by atoms with van der Waals surface area (Å²) in [5, 5.41) is 6.25. The predicted octanol–water partition coefficient (Wildman–Crippen LogP) is 4.25. The number of hydrogen-bond acceptors (Lipinski definition) is 4. The SMILES string of the molecule is Cl.Cl.O=C(CCC1CCNCC1)NCc1cc(Oc2ccc(F)cc2)ccn1. The molecule has 1 aliphatic rings. The molecule has 8 heteroatoms. The Bertz CT molecular complexity index is 726. The zero-order valence-electron chi connectivity index (χ0n) is 15.5. The molecule has 0 bridgehead atoms. The number of carbonyl (C=O) groups excluding carboxylic acids is 1. The van der Waals surface area contributed by atoms with E-state index >= 15 is 0 Å². The van der Waals surface area contributed by atoms with E-state index in [4.69, 9.17) is 4.74 Å². The van der Waals surface area contributed by atoms with E-state index in [-0.39, 0.29) is 36.5 Å². The van der Waals surface area contributed by atoms with Crippen LogP contribution in [0.3, 0.4) is 0 Å². The minimum atomic E-state index is -0.306. The lowest BCUT2D eigenvalue weighted by Gasteiger charge is -2.22. The van der Waals surface area contributed by atoms with Crippen molar-refractivity contribution in [2.75, 3.05) is 13.1 Å². The van der Waals surface area contributed by atoms with E-state index in [1.54, 1.807) is 30.5 Å². The van der Waals surface area contributed by atoms with Gasteiger partial charge in [0.15, 0.2) is 0 Å². The molecule has 2 heterocycles. The third-order valence-corrected chi connectivity index (χ3v) is 4.54. The van der Waals surface area contributed by atoms with Crippen molar-refractivity contribution in [1.82, 2.24) is 15.6 Å². The zero-order valence-corrected chi connectivity index (χ0v) is 17.2. The number of rotatable bonds is 7. The molecule has 2 aromatic rings. The number of piperidine rings is 1. The van der Waals surface area contributed by atoms with Crippen LogP contribution in [0, 0.1) is 11.7 Å². The maximum absolute atomic E-state index is 12.9. The summed E-state index contributed by atoms with van der Waals surface area (Å²) in [7, 11) is 0. The highest BCUT2D eigenvalue weighted by Crippen LogP contribution is 2.21. The van der Waals surface area contributed by atoms with Crippen molar-refractivity contribution in [3.05, 3.63) is 54.1 Å².